The van der Waals surface area contributed by atoms with Crippen LogP contribution in [0.4, 0.5) is 0 Å². The molecule has 0 amide bonds. The number of benzene rings is 1. The molecule has 0 saturated heterocycles. The van der Waals surface area contributed by atoms with E-state index in [1.165, 1.54) is 11.1 Å². The molecule has 0 aliphatic carbocycles. The second-order valence-corrected chi connectivity index (χ2v) is 4.97. The molecule has 0 radical (unpaired) electrons. The van der Waals surface area contributed by atoms with Gasteiger partial charge >= 0.3 is 87.7 Å². The van der Waals surface area contributed by atoms with Crippen molar-refractivity contribution >= 4 is 20.4 Å². The van der Waals surface area contributed by atoms with Crippen LogP contribution in [0.3, 0.4) is 0 Å². The quantitative estimate of drug-likeness (QED) is 0.770. The van der Waals surface area contributed by atoms with Gasteiger partial charge in [0.1, 0.15) is 0 Å². The van der Waals surface area contributed by atoms with Crippen LogP contribution in [0.2, 0.25) is 0 Å². The Hall–Kier alpha value is -0.710. The normalized spacial score (nSPS) is 9.92. The third-order valence-electron chi connectivity index (χ3n) is 1.94. The monoisotopic (exact) mass is 288 g/mol. The van der Waals surface area contributed by atoms with Crippen LogP contribution in [0, 0.1) is 0 Å². The van der Waals surface area contributed by atoms with E-state index in [9.17, 15) is 0 Å². The fourth-order valence-corrected chi connectivity index (χ4v) is 3.11. The van der Waals surface area contributed by atoms with Crippen molar-refractivity contribution in [3.05, 3.63) is 38.5 Å². The molecule has 66 valence electrons. The van der Waals surface area contributed by atoms with Gasteiger partial charge in [0, 0.05) is 0 Å². The van der Waals surface area contributed by atoms with E-state index in [0.717, 1.165) is 5.75 Å². The van der Waals surface area contributed by atoms with Gasteiger partial charge in [-0.1, -0.05) is 0 Å². The summed E-state index contributed by atoms with van der Waals surface area (Å²) in [6, 6.07) is 10.4. The molecular formula is C11H10OTe. The summed E-state index contributed by atoms with van der Waals surface area (Å²) >= 11 is 0.0332. The standard InChI is InChI=1S/C11H10OTe/c1-12-11-4-2-9(3-5-11)10-6-7-13-8-10/h2-8H,1H3. The van der Waals surface area contributed by atoms with Gasteiger partial charge in [-0.2, -0.15) is 0 Å². The first-order valence-corrected chi connectivity index (χ1v) is 6.76. The SMILES string of the molecule is COc1ccc(-c2cc[te]c2)cc1. The zero-order chi connectivity index (χ0) is 9.10. The van der Waals surface area contributed by atoms with Crippen LogP contribution in [0.15, 0.2) is 38.5 Å². The van der Waals surface area contributed by atoms with Gasteiger partial charge in [-0.05, 0) is 0 Å². The summed E-state index contributed by atoms with van der Waals surface area (Å²) in [7, 11) is 1.69. The van der Waals surface area contributed by atoms with E-state index in [-0.39, 0.29) is 20.4 Å². The van der Waals surface area contributed by atoms with Crippen molar-refractivity contribution in [2.45, 2.75) is 0 Å². The zero-order valence-electron chi connectivity index (χ0n) is 7.36. The molecule has 0 spiro atoms. The van der Waals surface area contributed by atoms with Crippen molar-refractivity contribution in [2.75, 3.05) is 7.11 Å². The summed E-state index contributed by atoms with van der Waals surface area (Å²) in [5.41, 5.74) is 2.66. The Morgan fingerprint density at radius 1 is 1.00 bits per heavy atom. The molecule has 0 saturated carbocycles. The first kappa shape index (κ1) is 8.87. The fraction of sp³-hybridized carbons (Fsp3) is 0.0909. The molecule has 1 aromatic carbocycles. The number of rotatable bonds is 2. The number of ether oxygens (including phenoxy) is 1. The number of hydrogen-bond acceptors (Lipinski definition) is 1. The molecule has 1 nitrogen and oxygen atoms in total. The second-order valence-electron chi connectivity index (χ2n) is 2.74. The van der Waals surface area contributed by atoms with Gasteiger partial charge in [-0.3, -0.25) is 0 Å². The Balaban J connectivity index is 2.33. The predicted octanol–water partition coefficient (Wildman–Crippen LogP) is 2.42. The van der Waals surface area contributed by atoms with Crippen molar-refractivity contribution < 1.29 is 4.74 Å². The van der Waals surface area contributed by atoms with Crippen LogP contribution in [-0.2, 0) is 0 Å². The Morgan fingerprint density at radius 3 is 2.31 bits per heavy atom. The molecule has 2 aromatic rings. The van der Waals surface area contributed by atoms with Crippen molar-refractivity contribution in [1.82, 2.24) is 0 Å². The molecule has 2 rings (SSSR count). The number of methoxy groups -OCH3 is 1. The maximum absolute atomic E-state index is 5.10. The summed E-state index contributed by atoms with van der Waals surface area (Å²) in [5, 5.41) is 0. The summed E-state index contributed by atoms with van der Waals surface area (Å²) in [6.45, 7) is 0. The van der Waals surface area contributed by atoms with E-state index in [1.54, 1.807) is 7.11 Å². The Bertz CT molecular complexity index is 361. The van der Waals surface area contributed by atoms with E-state index in [0.29, 0.717) is 0 Å². The first-order chi connectivity index (χ1) is 6.40. The summed E-state index contributed by atoms with van der Waals surface area (Å²) in [5.74, 6) is 0.919. The third kappa shape index (κ3) is 1.96. The molecule has 0 atom stereocenters. The van der Waals surface area contributed by atoms with Gasteiger partial charge in [0.05, 0.1) is 0 Å². The molecule has 1 aromatic heterocycles. The van der Waals surface area contributed by atoms with Gasteiger partial charge in [0.25, 0.3) is 0 Å². The molecule has 2 heteroatoms. The third-order valence-corrected chi connectivity index (χ3v) is 3.89. The van der Waals surface area contributed by atoms with Gasteiger partial charge in [0.2, 0.25) is 0 Å². The molecule has 13 heavy (non-hydrogen) atoms. The van der Waals surface area contributed by atoms with E-state index >= 15 is 0 Å². The van der Waals surface area contributed by atoms with E-state index < -0.39 is 0 Å². The minimum atomic E-state index is 0.0332. The summed E-state index contributed by atoms with van der Waals surface area (Å²) in [6.07, 6.45) is 0. The maximum atomic E-state index is 5.10. The van der Waals surface area contributed by atoms with Crippen LogP contribution in [0.5, 0.6) is 5.75 Å². The van der Waals surface area contributed by atoms with Crippen LogP contribution in [0.1, 0.15) is 0 Å². The van der Waals surface area contributed by atoms with Crippen molar-refractivity contribution in [3.63, 3.8) is 0 Å². The van der Waals surface area contributed by atoms with Gasteiger partial charge in [-0.15, -0.1) is 0 Å². The average Bonchev–Trinajstić information content (AvgIpc) is 2.71. The topological polar surface area (TPSA) is 9.23 Å². The Labute approximate surface area is 87.6 Å². The Morgan fingerprint density at radius 2 is 1.77 bits per heavy atom. The minimum absolute atomic E-state index is 0.0332. The molecule has 0 fully saturated rings. The van der Waals surface area contributed by atoms with Crippen LogP contribution >= 0.6 is 0 Å². The molecule has 0 bridgehead atoms. The van der Waals surface area contributed by atoms with E-state index in [4.69, 9.17) is 4.74 Å². The molecule has 1 heterocycles. The second kappa shape index (κ2) is 4.00. The van der Waals surface area contributed by atoms with Crippen LogP contribution in [-0.4, -0.2) is 27.5 Å². The van der Waals surface area contributed by atoms with Gasteiger partial charge in [0.15, 0.2) is 0 Å². The molecule has 0 unspecified atom stereocenters. The van der Waals surface area contributed by atoms with Crippen LogP contribution in [0.25, 0.3) is 11.1 Å². The van der Waals surface area contributed by atoms with Crippen molar-refractivity contribution in [3.8, 4) is 16.9 Å². The van der Waals surface area contributed by atoms with E-state index in [1.807, 2.05) is 12.1 Å². The zero-order valence-corrected chi connectivity index (χ0v) is 9.69. The van der Waals surface area contributed by atoms with Gasteiger partial charge in [-0.25, -0.2) is 0 Å². The molecule has 0 aliphatic heterocycles. The molecule has 0 aliphatic rings. The van der Waals surface area contributed by atoms with Crippen molar-refractivity contribution in [2.24, 2.45) is 0 Å². The predicted molar refractivity (Wildman–Crippen MR) is 55.4 cm³/mol. The van der Waals surface area contributed by atoms with Gasteiger partial charge < -0.3 is 0 Å². The molecule has 0 N–H and O–H groups in total. The Kier molecular flexibility index (Phi) is 2.73. The number of hydrogen-bond donors (Lipinski definition) is 0. The van der Waals surface area contributed by atoms with Crippen molar-refractivity contribution in [1.29, 1.82) is 0 Å². The summed E-state index contributed by atoms with van der Waals surface area (Å²) in [4.78, 5) is 0. The molecular weight excluding hydrogens is 276 g/mol. The fourth-order valence-electron chi connectivity index (χ4n) is 1.21. The van der Waals surface area contributed by atoms with Crippen LogP contribution < -0.4 is 4.74 Å². The summed E-state index contributed by atoms with van der Waals surface area (Å²) < 4.78 is 9.75. The average molecular weight is 286 g/mol. The van der Waals surface area contributed by atoms with E-state index in [2.05, 4.69) is 26.4 Å². The first-order valence-electron chi connectivity index (χ1n) is 4.07.